The van der Waals surface area contributed by atoms with E-state index in [9.17, 15) is 9.18 Å². The first-order valence-corrected chi connectivity index (χ1v) is 13.2. The maximum absolute atomic E-state index is 13.6. The number of hydrogen-bond donors (Lipinski definition) is 1. The fourth-order valence-corrected chi connectivity index (χ4v) is 6.83. The minimum absolute atomic E-state index is 0.0194. The number of H-pyrrole nitrogens is 1. The molecule has 0 radical (unpaired) electrons. The predicted octanol–water partition coefficient (Wildman–Crippen LogP) is 5.24. The molecule has 0 amide bonds. The lowest BCUT2D eigenvalue weighted by atomic mass is 9.89. The van der Waals surface area contributed by atoms with Crippen LogP contribution in [0.25, 0.3) is 21.6 Å². The Hall–Kier alpha value is -2.91. The van der Waals surface area contributed by atoms with Crippen molar-refractivity contribution in [3.63, 3.8) is 0 Å². The summed E-state index contributed by atoms with van der Waals surface area (Å²) in [6, 6.07) is 6.17. The molecule has 1 N–H and O–H groups in total. The highest BCUT2D eigenvalue weighted by Crippen LogP contribution is 2.37. The lowest BCUT2D eigenvalue weighted by Gasteiger charge is -2.34. The van der Waals surface area contributed by atoms with Crippen molar-refractivity contribution in [1.29, 1.82) is 0 Å². The van der Waals surface area contributed by atoms with Gasteiger partial charge in [0.15, 0.2) is 0 Å². The molecule has 1 aromatic carbocycles. The predicted molar refractivity (Wildman–Crippen MR) is 133 cm³/mol. The minimum Gasteiger partial charge on any atom is -0.339 e. The van der Waals surface area contributed by atoms with E-state index < -0.39 is 0 Å². The second-order valence-electron chi connectivity index (χ2n) is 9.96. The fraction of sp³-hybridized carbons (Fsp3) is 0.462. The summed E-state index contributed by atoms with van der Waals surface area (Å²) >= 11 is 1.69. The molecular weight excluding hydrogens is 465 g/mol. The molecule has 3 atom stereocenters. The number of hydrogen-bond acceptors (Lipinski definition) is 7. The first-order chi connectivity index (χ1) is 17.0. The SMILES string of the molecule is CC1CCc2c(sc3nc(C(C)N4CCCC(c5nc(-c6cccc(F)c6)no5)C4)[nH]c(=O)c23)C1. The van der Waals surface area contributed by atoms with E-state index in [1.165, 1.54) is 22.6 Å². The fourth-order valence-electron chi connectivity index (χ4n) is 5.44. The molecule has 1 aliphatic carbocycles. The number of aryl methyl sites for hydroxylation is 1. The zero-order valence-electron chi connectivity index (χ0n) is 19.9. The Morgan fingerprint density at radius 3 is 3.03 bits per heavy atom. The molecular formula is C26H28FN5O2S. The van der Waals surface area contributed by atoms with E-state index in [-0.39, 0.29) is 23.3 Å². The molecule has 9 heteroatoms. The number of aromatic nitrogens is 4. The van der Waals surface area contributed by atoms with Crippen molar-refractivity contribution in [2.45, 2.75) is 57.9 Å². The Labute approximate surface area is 206 Å². The average molecular weight is 494 g/mol. The van der Waals surface area contributed by atoms with Crippen molar-refractivity contribution < 1.29 is 8.91 Å². The topological polar surface area (TPSA) is 87.9 Å². The number of nitrogens with zero attached hydrogens (tertiary/aromatic N) is 4. The zero-order valence-corrected chi connectivity index (χ0v) is 20.7. The molecule has 3 aromatic heterocycles. The van der Waals surface area contributed by atoms with Crippen LogP contribution in [0.1, 0.15) is 67.2 Å². The largest absolute Gasteiger partial charge is 0.339 e. The van der Waals surface area contributed by atoms with Crippen LogP contribution in [0, 0.1) is 11.7 Å². The van der Waals surface area contributed by atoms with Gasteiger partial charge in [0.05, 0.1) is 17.3 Å². The lowest BCUT2D eigenvalue weighted by Crippen LogP contribution is -2.37. The Kier molecular flexibility index (Phi) is 5.76. The van der Waals surface area contributed by atoms with Crippen LogP contribution in [0.15, 0.2) is 33.6 Å². The highest BCUT2D eigenvalue weighted by molar-refractivity contribution is 7.18. The van der Waals surface area contributed by atoms with Crippen LogP contribution in [0.3, 0.4) is 0 Å². The third-order valence-electron chi connectivity index (χ3n) is 7.45. The summed E-state index contributed by atoms with van der Waals surface area (Å²) < 4.78 is 19.2. The van der Waals surface area contributed by atoms with Gasteiger partial charge in [0.25, 0.3) is 5.56 Å². The van der Waals surface area contributed by atoms with Gasteiger partial charge in [-0.1, -0.05) is 24.2 Å². The number of nitrogens with one attached hydrogen (secondary N) is 1. The Balaban J connectivity index is 1.23. The highest BCUT2D eigenvalue weighted by Gasteiger charge is 2.31. The first kappa shape index (κ1) is 22.5. The van der Waals surface area contributed by atoms with Crippen molar-refractivity contribution in [3.8, 4) is 11.4 Å². The number of thiophene rings is 1. The van der Waals surface area contributed by atoms with E-state index in [0.29, 0.717) is 29.0 Å². The number of benzene rings is 1. The minimum atomic E-state index is -0.328. The van der Waals surface area contributed by atoms with Crippen molar-refractivity contribution >= 4 is 21.6 Å². The molecule has 1 saturated heterocycles. The highest BCUT2D eigenvalue weighted by atomic mass is 32.1. The second kappa shape index (κ2) is 8.95. The molecule has 182 valence electrons. The number of rotatable bonds is 4. The summed E-state index contributed by atoms with van der Waals surface area (Å²) in [5.74, 6) is 2.08. The van der Waals surface area contributed by atoms with Gasteiger partial charge in [-0.05, 0) is 69.2 Å². The summed E-state index contributed by atoms with van der Waals surface area (Å²) in [5.41, 5.74) is 1.79. The maximum Gasteiger partial charge on any atom is 0.259 e. The second-order valence-corrected chi connectivity index (χ2v) is 11.0. The monoisotopic (exact) mass is 493 g/mol. The van der Waals surface area contributed by atoms with Gasteiger partial charge in [-0.3, -0.25) is 9.69 Å². The summed E-state index contributed by atoms with van der Waals surface area (Å²) in [6.45, 7) is 6.00. The molecule has 1 aliphatic heterocycles. The zero-order chi connectivity index (χ0) is 24.1. The Morgan fingerprint density at radius 2 is 2.17 bits per heavy atom. The quantitative estimate of drug-likeness (QED) is 0.418. The molecule has 0 spiro atoms. The van der Waals surface area contributed by atoms with Gasteiger partial charge in [-0.25, -0.2) is 9.37 Å². The first-order valence-electron chi connectivity index (χ1n) is 12.3. The summed E-state index contributed by atoms with van der Waals surface area (Å²) in [4.78, 5) is 30.2. The molecule has 35 heavy (non-hydrogen) atoms. The molecule has 6 rings (SSSR count). The molecule has 4 heterocycles. The van der Waals surface area contributed by atoms with Crippen LogP contribution >= 0.6 is 11.3 Å². The Bertz CT molecular complexity index is 1440. The molecule has 3 unspecified atom stereocenters. The molecule has 1 fully saturated rings. The van der Waals surface area contributed by atoms with Gasteiger partial charge in [0.1, 0.15) is 16.5 Å². The average Bonchev–Trinajstić information content (AvgIpc) is 3.48. The standard InChI is InChI=1S/C26H28FN5O2S/c1-14-8-9-19-20(11-14)35-26-21(19)24(33)28-22(30-26)15(2)32-10-4-6-17(13-32)25-29-23(31-34-25)16-5-3-7-18(27)12-16/h3,5,7,12,14-15,17H,4,6,8-11,13H2,1-2H3,(H,28,30,33). The van der Waals surface area contributed by atoms with Crippen molar-refractivity contribution in [2.24, 2.45) is 5.92 Å². The van der Waals surface area contributed by atoms with Crippen molar-refractivity contribution in [3.05, 3.63) is 62.6 Å². The smallest absolute Gasteiger partial charge is 0.259 e. The summed E-state index contributed by atoms with van der Waals surface area (Å²) in [6.07, 6.45) is 5.04. The van der Waals surface area contributed by atoms with Crippen LogP contribution in [0.4, 0.5) is 4.39 Å². The van der Waals surface area contributed by atoms with Crippen LogP contribution in [-0.4, -0.2) is 38.1 Å². The van der Waals surface area contributed by atoms with E-state index >= 15 is 0 Å². The van der Waals surface area contributed by atoms with E-state index in [4.69, 9.17) is 9.51 Å². The normalized spacial score (nSPS) is 21.8. The van der Waals surface area contributed by atoms with Crippen LogP contribution in [0.2, 0.25) is 0 Å². The van der Waals surface area contributed by atoms with Crippen LogP contribution in [0.5, 0.6) is 0 Å². The summed E-state index contributed by atoms with van der Waals surface area (Å²) in [5, 5.41) is 4.88. The number of aromatic amines is 1. The summed E-state index contributed by atoms with van der Waals surface area (Å²) in [7, 11) is 0. The van der Waals surface area contributed by atoms with Gasteiger partial charge in [-0.15, -0.1) is 11.3 Å². The third kappa shape index (κ3) is 4.21. The van der Waals surface area contributed by atoms with Gasteiger partial charge >= 0.3 is 0 Å². The number of fused-ring (bicyclic) bond motifs is 3. The molecule has 4 aromatic rings. The molecule has 7 nitrogen and oxygen atoms in total. The van der Waals surface area contributed by atoms with E-state index in [1.807, 2.05) is 0 Å². The van der Waals surface area contributed by atoms with Crippen molar-refractivity contribution in [1.82, 2.24) is 25.0 Å². The lowest BCUT2D eigenvalue weighted by molar-refractivity contribution is 0.140. The van der Waals surface area contributed by atoms with E-state index in [1.54, 1.807) is 23.5 Å². The number of likely N-dealkylation sites (tertiary alicyclic amines) is 1. The maximum atomic E-state index is 13.6. The number of halogens is 1. The van der Waals surface area contributed by atoms with Gasteiger partial charge < -0.3 is 9.51 Å². The van der Waals surface area contributed by atoms with Crippen molar-refractivity contribution in [2.75, 3.05) is 13.1 Å². The van der Waals surface area contributed by atoms with Gasteiger partial charge in [0, 0.05) is 17.0 Å². The Morgan fingerprint density at radius 1 is 1.29 bits per heavy atom. The third-order valence-corrected chi connectivity index (χ3v) is 8.60. The van der Waals surface area contributed by atoms with Crippen LogP contribution < -0.4 is 5.56 Å². The van der Waals surface area contributed by atoms with Crippen LogP contribution in [-0.2, 0) is 12.8 Å². The molecule has 0 bridgehead atoms. The molecule has 2 aliphatic rings. The van der Waals surface area contributed by atoms with E-state index in [0.717, 1.165) is 55.4 Å². The van der Waals surface area contributed by atoms with Gasteiger partial charge in [0.2, 0.25) is 11.7 Å². The van der Waals surface area contributed by atoms with E-state index in [2.05, 4.69) is 33.9 Å². The molecule has 0 saturated carbocycles. The number of piperidine rings is 1. The van der Waals surface area contributed by atoms with Gasteiger partial charge in [-0.2, -0.15) is 4.98 Å².